The highest BCUT2D eigenvalue weighted by molar-refractivity contribution is 7.92. The van der Waals surface area contributed by atoms with E-state index < -0.39 is 27.0 Å². The van der Waals surface area contributed by atoms with E-state index in [4.69, 9.17) is 16.3 Å². The third-order valence-electron chi connectivity index (χ3n) is 4.11. The molecule has 0 saturated carbocycles. The number of anilines is 2. The van der Waals surface area contributed by atoms with Crippen LogP contribution in [0.4, 0.5) is 17.1 Å². The summed E-state index contributed by atoms with van der Waals surface area (Å²) >= 11 is 6.01. The van der Waals surface area contributed by atoms with Crippen LogP contribution in [0, 0.1) is 10.1 Å². The van der Waals surface area contributed by atoms with E-state index in [-0.39, 0.29) is 35.1 Å². The van der Waals surface area contributed by atoms with Gasteiger partial charge in [0.2, 0.25) is 10.0 Å². The van der Waals surface area contributed by atoms with Gasteiger partial charge in [0.05, 0.1) is 27.6 Å². The minimum Gasteiger partial charge on any atom is -0.478 e. The van der Waals surface area contributed by atoms with Crippen LogP contribution in [-0.2, 0) is 14.8 Å². The molecule has 28 heavy (non-hydrogen) atoms. The van der Waals surface area contributed by atoms with Crippen LogP contribution in [0.25, 0.3) is 0 Å². The van der Waals surface area contributed by atoms with Gasteiger partial charge in [-0.25, -0.2) is 8.42 Å². The Kier molecular flexibility index (Phi) is 5.43. The second kappa shape index (κ2) is 7.64. The van der Waals surface area contributed by atoms with E-state index in [2.05, 4.69) is 5.32 Å². The Labute approximate surface area is 166 Å². The molecule has 0 unspecified atom stereocenters. The number of rotatable bonds is 4. The maximum atomic E-state index is 12.7. The lowest BCUT2D eigenvalue weighted by atomic mass is 10.2. The molecule has 1 aliphatic heterocycles. The quantitative estimate of drug-likeness (QED) is 0.594. The number of halogens is 1. The number of nitrogens with zero attached hydrogens (tertiary/aromatic N) is 2. The Balaban J connectivity index is 1.87. The van der Waals surface area contributed by atoms with Gasteiger partial charge in [0.15, 0.2) is 6.10 Å². The number of nitrogens with one attached hydrogen (secondary N) is 1. The largest absolute Gasteiger partial charge is 0.478 e. The summed E-state index contributed by atoms with van der Waals surface area (Å²) in [6, 6.07) is 10.2. The van der Waals surface area contributed by atoms with Crippen LogP contribution in [-0.4, -0.2) is 38.2 Å². The summed E-state index contributed by atoms with van der Waals surface area (Å²) in [6.07, 6.45) is 0.149. The van der Waals surface area contributed by atoms with Crippen LogP contribution in [0.5, 0.6) is 5.75 Å². The molecular weight excluding hydrogens is 410 g/mol. The van der Waals surface area contributed by atoms with Crippen molar-refractivity contribution < 1.29 is 22.9 Å². The van der Waals surface area contributed by atoms with Gasteiger partial charge < -0.3 is 10.1 Å². The maximum Gasteiger partial charge on any atom is 0.271 e. The van der Waals surface area contributed by atoms with Gasteiger partial charge in [-0.15, -0.1) is 0 Å². The summed E-state index contributed by atoms with van der Waals surface area (Å²) < 4.78 is 31.1. The molecule has 1 atom stereocenters. The number of amides is 1. The van der Waals surface area contributed by atoms with Gasteiger partial charge in [-0.2, -0.15) is 0 Å². The number of sulfonamides is 1. The maximum absolute atomic E-state index is 12.7. The zero-order valence-electron chi connectivity index (χ0n) is 14.7. The van der Waals surface area contributed by atoms with E-state index >= 15 is 0 Å². The van der Waals surface area contributed by atoms with Crippen molar-refractivity contribution in [1.29, 1.82) is 0 Å². The molecule has 0 radical (unpaired) electrons. The number of benzene rings is 2. The van der Waals surface area contributed by atoms with E-state index in [9.17, 15) is 23.3 Å². The average Bonchev–Trinajstić information content (AvgIpc) is 2.82. The third kappa shape index (κ3) is 4.18. The van der Waals surface area contributed by atoms with Crippen LogP contribution < -0.4 is 14.4 Å². The number of nitro benzene ring substituents is 1. The highest BCUT2D eigenvalue weighted by Gasteiger charge is 2.31. The molecule has 11 heteroatoms. The van der Waals surface area contributed by atoms with E-state index in [1.165, 1.54) is 16.4 Å². The van der Waals surface area contributed by atoms with Crippen LogP contribution in [0.15, 0.2) is 42.5 Å². The van der Waals surface area contributed by atoms with Gasteiger partial charge in [0.25, 0.3) is 11.6 Å². The second-order valence-corrected chi connectivity index (χ2v) is 8.42. The molecule has 2 aromatic carbocycles. The standard InChI is InChI=1S/C17H16ClN3O6S/c1-28(25,26)20-9-8-16(27-15-5-3-2-4-14(15)20)17(22)19-13-10-11(21(23)24)6-7-12(13)18/h2-7,10,16H,8-9H2,1H3,(H,19,22)/t16-/m0/s1. The lowest BCUT2D eigenvalue weighted by Crippen LogP contribution is -2.36. The summed E-state index contributed by atoms with van der Waals surface area (Å²) in [5.41, 5.74) is 0.186. The lowest BCUT2D eigenvalue weighted by molar-refractivity contribution is -0.384. The van der Waals surface area contributed by atoms with Crippen LogP contribution in [0.2, 0.25) is 5.02 Å². The molecule has 3 rings (SSSR count). The van der Waals surface area contributed by atoms with Crippen molar-refractivity contribution in [3.05, 3.63) is 57.6 Å². The molecule has 1 amide bonds. The van der Waals surface area contributed by atoms with Gasteiger partial charge in [-0.05, 0) is 18.2 Å². The highest BCUT2D eigenvalue weighted by Crippen LogP contribution is 2.34. The number of fused-ring (bicyclic) bond motifs is 1. The Bertz CT molecular complexity index is 1040. The van der Waals surface area contributed by atoms with Crippen molar-refractivity contribution in [2.24, 2.45) is 0 Å². The number of hydrogen-bond acceptors (Lipinski definition) is 6. The fourth-order valence-electron chi connectivity index (χ4n) is 2.79. The first-order valence-corrected chi connectivity index (χ1v) is 10.4. The van der Waals surface area contributed by atoms with Gasteiger partial charge in [-0.1, -0.05) is 23.7 Å². The molecule has 0 fully saturated rings. The minimum atomic E-state index is -3.57. The van der Waals surface area contributed by atoms with Crippen molar-refractivity contribution in [1.82, 2.24) is 0 Å². The molecule has 0 aliphatic carbocycles. The number of carbonyl (C=O) groups excluding carboxylic acids is 1. The Morgan fingerprint density at radius 2 is 2.04 bits per heavy atom. The third-order valence-corrected chi connectivity index (χ3v) is 5.62. The van der Waals surface area contributed by atoms with Gasteiger partial charge in [0.1, 0.15) is 5.75 Å². The summed E-state index contributed by atoms with van der Waals surface area (Å²) in [7, 11) is -3.57. The van der Waals surface area contributed by atoms with Crippen molar-refractivity contribution >= 4 is 44.6 Å². The van der Waals surface area contributed by atoms with E-state index in [0.29, 0.717) is 5.69 Å². The normalized spacial score (nSPS) is 16.5. The zero-order valence-corrected chi connectivity index (χ0v) is 16.2. The molecule has 1 N–H and O–H groups in total. The predicted molar refractivity (Wildman–Crippen MR) is 104 cm³/mol. The van der Waals surface area contributed by atoms with Gasteiger partial charge in [-0.3, -0.25) is 19.2 Å². The number of hydrogen-bond donors (Lipinski definition) is 1. The van der Waals surface area contributed by atoms with Gasteiger partial charge in [0, 0.05) is 25.1 Å². The molecule has 0 aromatic heterocycles. The van der Waals surface area contributed by atoms with Crippen molar-refractivity contribution in [3.63, 3.8) is 0 Å². The fourth-order valence-corrected chi connectivity index (χ4v) is 3.90. The number of nitro groups is 1. The number of para-hydroxylation sites is 2. The molecule has 0 bridgehead atoms. The number of carbonyl (C=O) groups is 1. The Morgan fingerprint density at radius 3 is 2.71 bits per heavy atom. The Hall–Kier alpha value is -2.85. The summed E-state index contributed by atoms with van der Waals surface area (Å²) in [5.74, 6) is -0.344. The average molecular weight is 426 g/mol. The molecule has 0 saturated heterocycles. The summed E-state index contributed by atoms with van der Waals surface area (Å²) in [6.45, 7) is 0.0383. The minimum absolute atomic E-state index is 0.0383. The lowest BCUT2D eigenvalue weighted by Gasteiger charge is -2.20. The zero-order chi connectivity index (χ0) is 20.5. The molecule has 9 nitrogen and oxygen atoms in total. The van der Waals surface area contributed by atoms with E-state index in [0.717, 1.165) is 12.3 Å². The van der Waals surface area contributed by atoms with E-state index in [1.54, 1.807) is 24.3 Å². The molecule has 2 aromatic rings. The van der Waals surface area contributed by atoms with Crippen LogP contribution in [0.3, 0.4) is 0 Å². The van der Waals surface area contributed by atoms with Crippen molar-refractivity contribution in [2.75, 3.05) is 22.4 Å². The van der Waals surface area contributed by atoms with Crippen LogP contribution in [0.1, 0.15) is 6.42 Å². The first kappa shape index (κ1) is 19.9. The van der Waals surface area contributed by atoms with Gasteiger partial charge >= 0.3 is 0 Å². The highest BCUT2D eigenvalue weighted by atomic mass is 35.5. The number of ether oxygens (including phenoxy) is 1. The fraction of sp³-hybridized carbons (Fsp3) is 0.235. The second-order valence-electron chi connectivity index (χ2n) is 6.11. The van der Waals surface area contributed by atoms with Crippen LogP contribution >= 0.6 is 11.6 Å². The molecule has 1 heterocycles. The Morgan fingerprint density at radius 1 is 1.32 bits per heavy atom. The molecule has 148 valence electrons. The topological polar surface area (TPSA) is 119 Å². The SMILES string of the molecule is CS(=O)(=O)N1CC[C@@H](C(=O)Nc2cc([N+](=O)[O-])ccc2Cl)Oc2ccccc21. The van der Waals surface area contributed by atoms with Crippen molar-refractivity contribution in [2.45, 2.75) is 12.5 Å². The molecule has 1 aliphatic rings. The first-order chi connectivity index (χ1) is 13.2. The monoisotopic (exact) mass is 425 g/mol. The molecular formula is C17H16ClN3O6S. The van der Waals surface area contributed by atoms with Crippen molar-refractivity contribution in [3.8, 4) is 5.75 Å². The number of non-ortho nitro benzene ring substituents is 1. The first-order valence-electron chi connectivity index (χ1n) is 8.15. The summed E-state index contributed by atoms with van der Waals surface area (Å²) in [5, 5.41) is 13.6. The predicted octanol–water partition coefficient (Wildman–Crippen LogP) is 2.80. The van der Waals surface area contributed by atoms with E-state index in [1.807, 2.05) is 0 Å². The smallest absolute Gasteiger partial charge is 0.271 e. The summed E-state index contributed by atoms with van der Waals surface area (Å²) in [4.78, 5) is 23.0. The molecule has 0 spiro atoms.